The van der Waals surface area contributed by atoms with E-state index in [0.717, 1.165) is 12.2 Å². The third kappa shape index (κ3) is 6.50. The van der Waals surface area contributed by atoms with Crippen molar-refractivity contribution in [2.75, 3.05) is 58.3 Å². The van der Waals surface area contributed by atoms with Gasteiger partial charge in [-0.15, -0.1) is 0 Å². The minimum absolute atomic E-state index is 0.00248. The zero-order valence-electron chi connectivity index (χ0n) is 21.3. The Hall–Kier alpha value is -2.61. The summed E-state index contributed by atoms with van der Waals surface area (Å²) in [5.74, 6) is 0.259. The molecule has 3 amide bonds. The lowest BCUT2D eigenvalue weighted by molar-refractivity contribution is -0.139. The second kappa shape index (κ2) is 11.2. The Labute approximate surface area is 203 Å². The van der Waals surface area contributed by atoms with E-state index in [1.54, 1.807) is 4.90 Å². The number of amides is 3. The number of rotatable bonds is 9. The molecule has 0 spiro atoms. The van der Waals surface area contributed by atoms with Crippen LogP contribution in [-0.2, 0) is 14.4 Å². The first-order valence-electron chi connectivity index (χ1n) is 12.3. The van der Waals surface area contributed by atoms with Crippen molar-refractivity contribution in [3.8, 4) is 5.75 Å². The number of nitrogens with one attached hydrogen (secondary N) is 1. The third-order valence-electron chi connectivity index (χ3n) is 6.59. The Balaban J connectivity index is 1.51. The minimum atomic E-state index is -0.362. The monoisotopic (exact) mass is 472 g/mol. The van der Waals surface area contributed by atoms with Crippen LogP contribution >= 0.6 is 0 Å². The van der Waals surface area contributed by atoms with Gasteiger partial charge in [0.25, 0.3) is 0 Å². The van der Waals surface area contributed by atoms with Crippen molar-refractivity contribution in [3.05, 3.63) is 24.3 Å². The highest BCUT2D eigenvalue weighted by atomic mass is 16.5. The van der Waals surface area contributed by atoms with Gasteiger partial charge in [-0.1, -0.05) is 26.0 Å². The van der Waals surface area contributed by atoms with Crippen molar-refractivity contribution >= 4 is 23.4 Å². The molecule has 0 saturated carbocycles. The highest BCUT2D eigenvalue weighted by Gasteiger charge is 2.39. The van der Waals surface area contributed by atoms with Crippen LogP contribution in [-0.4, -0.2) is 80.9 Å². The number of likely N-dealkylation sites (tertiary alicyclic amines) is 1. The molecule has 0 radical (unpaired) electrons. The van der Waals surface area contributed by atoms with Crippen molar-refractivity contribution in [2.45, 2.75) is 40.0 Å². The van der Waals surface area contributed by atoms with Gasteiger partial charge in [0.05, 0.1) is 18.2 Å². The van der Waals surface area contributed by atoms with Gasteiger partial charge in [-0.25, -0.2) is 0 Å². The molecule has 1 aromatic carbocycles. The molecule has 3 rings (SSSR count). The fourth-order valence-electron chi connectivity index (χ4n) is 5.07. The molecule has 2 aliphatic heterocycles. The van der Waals surface area contributed by atoms with E-state index in [2.05, 4.69) is 24.1 Å². The fraction of sp³-hybridized carbons (Fsp3) is 0.654. The molecule has 0 bridgehead atoms. The van der Waals surface area contributed by atoms with Gasteiger partial charge in [0, 0.05) is 45.1 Å². The van der Waals surface area contributed by atoms with Crippen molar-refractivity contribution in [2.24, 2.45) is 17.3 Å². The van der Waals surface area contributed by atoms with Crippen LogP contribution in [0.15, 0.2) is 24.3 Å². The second-order valence-electron chi connectivity index (χ2n) is 10.5. The first-order valence-corrected chi connectivity index (χ1v) is 12.3. The molecule has 1 atom stereocenters. The summed E-state index contributed by atoms with van der Waals surface area (Å²) in [7, 11) is 4.07. The van der Waals surface area contributed by atoms with Crippen LogP contribution in [0.4, 0.5) is 5.69 Å². The van der Waals surface area contributed by atoms with Gasteiger partial charge in [0.1, 0.15) is 5.75 Å². The summed E-state index contributed by atoms with van der Waals surface area (Å²) in [6.45, 7) is 9.71. The summed E-state index contributed by atoms with van der Waals surface area (Å²) in [5, 5.41) is 3.11. The summed E-state index contributed by atoms with van der Waals surface area (Å²) in [5.41, 5.74) is 0.717. The number of hydrogen-bond donors (Lipinski definition) is 1. The number of carbonyl (C=O) groups is 3. The van der Waals surface area contributed by atoms with Gasteiger partial charge in [0.2, 0.25) is 17.7 Å². The summed E-state index contributed by atoms with van der Waals surface area (Å²) in [4.78, 5) is 44.2. The van der Waals surface area contributed by atoms with E-state index in [9.17, 15) is 14.4 Å². The highest BCUT2D eigenvalue weighted by molar-refractivity contribution is 6.01. The Morgan fingerprint density at radius 3 is 2.47 bits per heavy atom. The molecule has 1 N–H and O–H groups in total. The van der Waals surface area contributed by atoms with Crippen molar-refractivity contribution < 1.29 is 19.1 Å². The Bertz CT molecular complexity index is 877. The average Bonchev–Trinajstić information content (AvgIpc) is 3.18. The molecule has 8 nitrogen and oxygen atoms in total. The number of anilines is 1. The zero-order chi connectivity index (χ0) is 24.9. The van der Waals surface area contributed by atoms with Gasteiger partial charge in [-0.3, -0.25) is 14.4 Å². The maximum absolute atomic E-state index is 13.2. The minimum Gasteiger partial charge on any atom is -0.492 e. The molecule has 2 saturated heterocycles. The number of ether oxygens (including phenoxy) is 1. The average molecular weight is 473 g/mol. The first-order chi connectivity index (χ1) is 16.1. The standard InChI is InChI=1S/C26H40N4O4/c1-6-34-22-10-8-7-9-21(22)30-16-20(15-23(30)31)25(33)29-13-11-19(12-14-29)24(32)27-17-26(2,3)18-28(4)5/h7-10,19-20H,6,11-18H2,1-5H3,(H,27,32). The van der Waals surface area contributed by atoms with Crippen molar-refractivity contribution in [1.82, 2.24) is 15.1 Å². The topological polar surface area (TPSA) is 82.2 Å². The maximum Gasteiger partial charge on any atom is 0.228 e. The van der Waals surface area contributed by atoms with E-state index in [-0.39, 0.29) is 41.4 Å². The Morgan fingerprint density at radius 2 is 1.82 bits per heavy atom. The van der Waals surface area contributed by atoms with Gasteiger partial charge < -0.3 is 24.8 Å². The van der Waals surface area contributed by atoms with Gasteiger partial charge in [-0.2, -0.15) is 0 Å². The molecule has 1 aromatic rings. The number of carbonyl (C=O) groups excluding carboxylic acids is 3. The van der Waals surface area contributed by atoms with Crippen LogP contribution in [0, 0.1) is 17.3 Å². The van der Waals surface area contributed by atoms with Gasteiger partial charge in [-0.05, 0) is 51.4 Å². The lowest BCUT2D eigenvalue weighted by Crippen LogP contribution is -2.47. The molecule has 188 valence electrons. The predicted octanol–water partition coefficient (Wildman–Crippen LogP) is 2.38. The summed E-state index contributed by atoms with van der Waals surface area (Å²) < 4.78 is 5.67. The number of nitrogens with zero attached hydrogens (tertiary/aromatic N) is 3. The molecule has 2 heterocycles. The molecule has 2 aliphatic rings. The van der Waals surface area contributed by atoms with Crippen LogP contribution in [0.1, 0.15) is 40.0 Å². The number of para-hydroxylation sites is 2. The summed E-state index contributed by atoms with van der Waals surface area (Å²) in [6.07, 6.45) is 1.52. The third-order valence-corrected chi connectivity index (χ3v) is 6.59. The molecule has 2 fully saturated rings. The molecule has 8 heteroatoms. The lowest BCUT2D eigenvalue weighted by atomic mass is 9.91. The van der Waals surface area contributed by atoms with Crippen LogP contribution in [0.3, 0.4) is 0 Å². The van der Waals surface area contributed by atoms with Crippen LogP contribution in [0.5, 0.6) is 5.75 Å². The second-order valence-corrected chi connectivity index (χ2v) is 10.5. The quantitative estimate of drug-likeness (QED) is 0.597. The molecule has 0 aliphatic carbocycles. The normalized spacial score (nSPS) is 19.6. The lowest BCUT2D eigenvalue weighted by Gasteiger charge is -2.34. The van der Waals surface area contributed by atoms with Crippen molar-refractivity contribution in [1.29, 1.82) is 0 Å². The molecule has 34 heavy (non-hydrogen) atoms. The SMILES string of the molecule is CCOc1ccccc1N1CC(C(=O)N2CCC(C(=O)NCC(C)(C)CN(C)C)CC2)CC1=O. The van der Waals surface area contributed by atoms with E-state index in [0.29, 0.717) is 51.4 Å². The van der Waals surface area contributed by atoms with Gasteiger partial charge in [0.15, 0.2) is 0 Å². The largest absolute Gasteiger partial charge is 0.492 e. The Morgan fingerprint density at radius 1 is 1.15 bits per heavy atom. The van der Waals surface area contributed by atoms with E-state index < -0.39 is 0 Å². The van der Waals surface area contributed by atoms with E-state index in [1.807, 2.05) is 50.2 Å². The number of hydrogen-bond acceptors (Lipinski definition) is 5. The molecular formula is C26H40N4O4. The smallest absolute Gasteiger partial charge is 0.228 e. The van der Waals surface area contributed by atoms with Gasteiger partial charge >= 0.3 is 0 Å². The van der Waals surface area contributed by atoms with E-state index in [1.165, 1.54) is 0 Å². The molecule has 0 aromatic heterocycles. The van der Waals surface area contributed by atoms with E-state index >= 15 is 0 Å². The Kier molecular flexibility index (Phi) is 8.57. The molecule has 1 unspecified atom stereocenters. The fourth-order valence-corrected chi connectivity index (χ4v) is 5.07. The number of piperidine rings is 1. The van der Waals surface area contributed by atoms with Crippen LogP contribution in [0.2, 0.25) is 0 Å². The summed E-state index contributed by atoms with van der Waals surface area (Å²) >= 11 is 0. The molecular weight excluding hydrogens is 432 g/mol. The van der Waals surface area contributed by atoms with Crippen molar-refractivity contribution in [3.63, 3.8) is 0 Å². The van der Waals surface area contributed by atoms with Crippen LogP contribution in [0.25, 0.3) is 0 Å². The highest BCUT2D eigenvalue weighted by Crippen LogP contribution is 2.34. The first kappa shape index (κ1) is 26.0. The zero-order valence-corrected chi connectivity index (χ0v) is 21.3. The number of benzene rings is 1. The summed E-state index contributed by atoms with van der Waals surface area (Å²) in [6, 6.07) is 7.46. The van der Waals surface area contributed by atoms with Crippen LogP contribution < -0.4 is 15.0 Å². The maximum atomic E-state index is 13.2. The predicted molar refractivity (Wildman–Crippen MR) is 133 cm³/mol. The van der Waals surface area contributed by atoms with E-state index in [4.69, 9.17) is 4.74 Å².